The number of esters is 1. The van der Waals surface area contributed by atoms with E-state index in [0.29, 0.717) is 16.7 Å². The number of aromatic nitrogens is 4. The lowest BCUT2D eigenvalue weighted by molar-refractivity contribution is -0.155. The molecule has 0 N–H and O–H groups in total. The molecule has 0 radical (unpaired) electrons. The molecule has 0 aliphatic heterocycles. The van der Waals surface area contributed by atoms with Gasteiger partial charge in [-0.15, -0.1) is 0 Å². The summed E-state index contributed by atoms with van der Waals surface area (Å²) in [4.78, 5) is 28.3. The number of ether oxygens (including phenoxy) is 1. The third kappa shape index (κ3) is 2.71. The van der Waals surface area contributed by atoms with Gasteiger partial charge in [0.25, 0.3) is 5.56 Å². The smallest absolute Gasteiger partial charge is 0.326 e. The Morgan fingerprint density at radius 3 is 2.65 bits per heavy atom. The van der Waals surface area contributed by atoms with Crippen LogP contribution in [-0.4, -0.2) is 30.9 Å². The molecule has 2 rings (SSSR count). The molecule has 0 aliphatic rings. The molecular formula is C13H18N4O3. The van der Waals surface area contributed by atoms with Crippen LogP contribution in [0.4, 0.5) is 0 Å². The van der Waals surface area contributed by atoms with Gasteiger partial charge in [-0.3, -0.25) is 14.2 Å². The number of carbonyl (C=O) groups excluding carboxylic acids is 1. The zero-order valence-electron chi connectivity index (χ0n) is 12.3. The number of rotatable bonds is 2. The summed E-state index contributed by atoms with van der Waals surface area (Å²) in [6.07, 6.45) is 1.34. The minimum atomic E-state index is -0.581. The largest absolute Gasteiger partial charge is 0.459 e. The highest BCUT2D eigenvalue weighted by atomic mass is 16.6. The fraction of sp³-hybridized carbons (Fsp3) is 0.538. The van der Waals surface area contributed by atoms with Crippen molar-refractivity contribution in [3.63, 3.8) is 0 Å². The Balaban J connectivity index is 2.37. The van der Waals surface area contributed by atoms with Crippen LogP contribution in [0.15, 0.2) is 11.1 Å². The Morgan fingerprint density at radius 1 is 1.40 bits per heavy atom. The third-order valence-electron chi connectivity index (χ3n) is 2.71. The first kappa shape index (κ1) is 14.2. The highest BCUT2D eigenvalue weighted by Gasteiger charge is 2.18. The second-order valence-electron chi connectivity index (χ2n) is 5.67. The summed E-state index contributed by atoms with van der Waals surface area (Å²) in [6.45, 7) is 6.91. The van der Waals surface area contributed by atoms with E-state index in [9.17, 15) is 9.59 Å². The van der Waals surface area contributed by atoms with Gasteiger partial charge in [0.1, 0.15) is 23.9 Å². The quantitative estimate of drug-likeness (QED) is 0.758. The van der Waals surface area contributed by atoms with E-state index in [1.165, 1.54) is 10.9 Å². The molecule has 0 saturated heterocycles. The summed E-state index contributed by atoms with van der Waals surface area (Å²) in [6, 6.07) is 0. The van der Waals surface area contributed by atoms with Crippen molar-refractivity contribution in [1.29, 1.82) is 0 Å². The van der Waals surface area contributed by atoms with Crippen LogP contribution in [0.25, 0.3) is 11.0 Å². The molecule has 0 aromatic carbocycles. The van der Waals surface area contributed by atoms with E-state index in [-0.39, 0.29) is 12.1 Å². The van der Waals surface area contributed by atoms with Crippen LogP contribution < -0.4 is 5.56 Å². The maximum atomic E-state index is 12.3. The molecule has 0 fully saturated rings. The molecule has 2 heterocycles. The number of aryl methyl sites for hydroxylation is 2. The Labute approximate surface area is 116 Å². The third-order valence-corrected chi connectivity index (χ3v) is 2.71. The van der Waals surface area contributed by atoms with E-state index in [2.05, 4.69) is 10.1 Å². The summed E-state index contributed by atoms with van der Waals surface area (Å²) in [5, 5.41) is 4.58. The molecule has 20 heavy (non-hydrogen) atoms. The molecule has 0 spiro atoms. The molecule has 0 amide bonds. The molecule has 2 aromatic rings. The lowest BCUT2D eigenvalue weighted by Gasteiger charge is -2.19. The van der Waals surface area contributed by atoms with Gasteiger partial charge < -0.3 is 4.74 Å². The zero-order valence-corrected chi connectivity index (χ0v) is 12.3. The molecule has 0 bridgehead atoms. The van der Waals surface area contributed by atoms with Crippen molar-refractivity contribution in [1.82, 2.24) is 19.3 Å². The molecule has 2 aromatic heterocycles. The molecule has 0 unspecified atom stereocenters. The molecule has 7 heteroatoms. The molecule has 0 aliphatic carbocycles. The van der Waals surface area contributed by atoms with Crippen LogP contribution in [-0.2, 0) is 23.1 Å². The van der Waals surface area contributed by atoms with Crippen LogP contribution in [0, 0.1) is 6.92 Å². The first-order chi connectivity index (χ1) is 9.19. The van der Waals surface area contributed by atoms with Crippen molar-refractivity contribution < 1.29 is 9.53 Å². The minimum absolute atomic E-state index is 0.159. The van der Waals surface area contributed by atoms with Crippen LogP contribution in [0.1, 0.15) is 26.5 Å². The second kappa shape index (κ2) is 4.73. The highest BCUT2D eigenvalue weighted by Crippen LogP contribution is 2.10. The fourth-order valence-electron chi connectivity index (χ4n) is 1.99. The SMILES string of the molecule is Cc1nn(C)c2ncn(CC(=O)OC(C)(C)C)c(=O)c12. The number of hydrogen-bond acceptors (Lipinski definition) is 5. The van der Waals surface area contributed by atoms with Crippen LogP contribution >= 0.6 is 0 Å². The summed E-state index contributed by atoms with van der Waals surface area (Å²) in [5.41, 5.74) is 0.237. The van der Waals surface area contributed by atoms with Crippen molar-refractivity contribution in [2.75, 3.05) is 0 Å². The van der Waals surface area contributed by atoms with Gasteiger partial charge in [0.15, 0.2) is 5.65 Å². The predicted molar refractivity (Wildman–Crippen MR) is 73.4 cm³/mol. The molecule has 0 atom stereocenters. The number of fused-ring (bicyclic) bond motifs is 1. The summed E-state index contributed by atoms with van der Waals surface area (Å²) in [5.74, 6) is -0.470. The van der Waals surface area contributed by atoms with Gasteiger partial charge in [0.2, 0.25) is 0 Å². The molecule has 7 nitrogen and oxygen atoms in total. The van der Waals surface area contributed by atoms with Crippen LogP contribution in [0.2, 0.25) is 0 Å². The van der Waals surface area contributed by atoms with Crippen molar-refractivity contribution in [2.24, 2.45) is 7.05 Å². The zero-order chi connectivity index (χ0) is 15.1. The second-order valence-corrected chi connectivity index (χ2v) is 5.67. The van der Waals surface area contributed by atoms with Gasteiger partial charge in [0, 0.05) is 7.05 Å². The minimum Gasteiger partial charge on any atom is -0.459 e. The van der Waals surface area contributed by atoms with Gasteiger partial charge in [-0.25, -0.2) is 9.67 Å². The monoisotopic (exact) mass is 278 g/mol. The van der Waals surface area contributed by atoms with Gasteiger partial charge in [-0.2, -0.15) is 5.10 Å². The van der Waals surface area contributed by atoms with Gasteiger partial charge in [-0.1, -0.05) is 0 Å². The maximum absolute atomic E-state index is 12.3. The van der Waals surface area contributed by atoms with E-state index < -0.39 is 11.6 Å². The van der Waals surface area contributed by atoms with Gasteiger partial charge in [0.05, 0.1) is 5.69 Å². The van der Waals surface area contributed by atoms with Gasteiger partial charge in [-0.05, 0) is 27.7 Å². The van der Waals surface area contributed by atoms with E-state index >= 15 is 0 Å². The van der Waals surface area contributed by atoms with E-state index in [1.54, 1.807) is 39.4 Å². The van der Waals surface area contributed by atoms with E-state index in [4.69, 9.17) is 4.74 Å². The van der Waals surface area contributed by atoms with Crippen molar-refractivity contribution in [2.45, 2.75) is 39.8 Å². The standard InChI is InChI=1S/C13H18N4O3/c1-8-10-11(16(5)15-8)14-7-17(12(10)19)6-9(18)20-13(2,3)4/h7H,6H2,1-5H3. The Kier molecular flexibility index (Phi) is 3.37. The normalized spacial score (nSPS) is 11.8. The summed E-state index contributed by atoms with van der Waals surface area (Å²) >= 11 is 0. The fourth-order valence-corrected chi connectivity index (χ4v) is 1.99. The van der Waals surface area contributed by atoms with Crippen molar-refractivity contribution in [3.8, 4) is 0 Å². The van der Waals surface area contributed by atoms with Crippen LogP contribution in [0.3, 0.4) is 0 Å². The lowest BCUT2D eigenvalue weighted by atomic mass is 10.2. The summed E-state index contributed by atoms with van der Waals surface area (Å²) < 4.78 is 7.98. The van der Waals surface area contributed by atoms with Gasteiger partial charge >= 0.3 is 5.97 Å². The number of carbonyl (C=O) groups is 1. The predicted octanol–water partition coefficient (Wildman–Crippen LogP) is 0.780. The van der Waals surface area contributed by atoms with E-state index in [0.717, 1.165) is 0 Å². The average molecular weight is 278 g/mol. The number of hydrogen-bond donors (Lipinski definition) is 0. The number of nitrogens with zero attached hydrogens (tertiary/aromatic N) is 4. The summed E-state index contributed by atoms with van der Waals surface area (Å²) in [7, 11) is 1.72. The highest BCUT2D eigenvalue weighted by molar-refractivity contribution is 5.77. The molecular weight excluding hydrogens is 260 g/mol. The Morgan fingerprint density at radius 2 is 2.05 bits per heavy atom. The first-order valence-electron chi connectivity index (χ1n) is 6.29. The first-order valence-corrected chi connectivity index (χ1v) is 6.29. The van der Waals surface area contributed by atoms with Crippen LogP contribution in [0.5, 0.6) is 0 Å². The molecule has 108 valence electrons. The Hall–Kier alpha value is -2.18. The lowest BCUT2D eigenvalue weighted by Crippen LogP contribution is -2.30. The van der Waals surface area contributed by atoms with Crippen molar-refractivity contribution >= 4 is 17.0 Å². The Bertz CT molecular complexity index is 722. The van der Waals surface area contributed by atoms with Crippen molar-refractivity contribution in [3.05, 3.63) is 22.4 Å². The maximum Gasteiger partial charge on any atom is 0.326 e. The topological polar surface area (TPSA) is 79.0 Å². The molecule has 0 saturated carbocycles. The van der Waals surface area contributed by atoms with E-state index in [1.807, 2.05) is 0 Å². The average Bonchev–Trinajstić information content (AvgIpc) is 2.56.